The van der Waals surface area contributed by atoms with Gasteiger partial charge in [0.05, 0.1) is 10.1 Å². The summed E-state index contributed by atoms with van der Waals surface area (Å²) in [7, 11) is -7.17. The summed E-state index contributed by atoms with van der Waals surface area (Å²) in [6, 6.07) is 2.72. The minimum atomic E-state index is -4.10. The molecule has 1 aromatic rings. The molecule has 1 heterocycles. The molecule has 0 N–H and O–H groups in total. The SMILES string of the molecule is O=S([O-])S(=O)(=O)c1cccs1. The fourth-order valence-corrected chi connectivity index (χ4v) is 3.36. The van der Waals surface area contributed by atoms with Crippen LogP contribution in [0.4, 0.5) is 0 Å². The van der Waals surface area contributed by atoms with Crippen LogP contribution in [-0.2, 0) is 19.0 Å². The number of thiophene rings is 1. The third-order valence-electron chi connectivity index (χ3n) is 0.921. The van der Waals surface area contributed by atoms with Crippen LogP contribution >= 0.6 is 11.3 Å². The average molecular weight is 211 g/mol. The number of hydrogen-bond acceptors (Lipinski definition) is 5. The molecule has 0 aliphatic heterocycles. The van der Waals surface area contributed by atoms with Gasteiger partial charge in [-0.25, -0.2) is 8.42 Å². The fourth-order valence-electron chi connectivity index (χ4n) is 0.473. The molecule has 0 radical (unpaired) electrons. The fraction of sp³-hybridized carbons (Fsp3) is 0. The van der Waals surface area contributed by atoms with Crippen molar-refractivity contribution >= 4 is 30.3 Å². The lowest BCUT2D eigenvalue weighted by Gasteiger charge is -2.02. The van der Waals surface area contributed by atoms with Crippen LogP contribution in [0.2, 0.25) is 0 Å². The van der Waals surface area contributed by atoms with Crippen LogP contribution in [0.15, 0.2) is 21.7 Å². The highest BCUT2D eigenvalue weighted by atomic mass is 33.2. The topological polar surface area (TPSA) is 74.3 Å². The normalized spacial score (nSPS) is 14.6. The Labute approximate surface area is 69.5 Å². The maximum Gasteiger partial charge on any atom is 0.254 e. The maximum absolute atomic E-state index is 10.8. The molecule has 11 heavy (non-hydrogen) atoms. The minimum Gasteiger partial charge on any atom is -0.760 e. The zero-order valence-electron chi connectivity index (χ0n) is 5.09. The summed E-state index contributed by atoms with van der Waals surface area (Å²) in [4.78, 5) is 0. The molecule has 1 aromatic heterocycles. The van der Waals surface area contributed by atoms with Crippen molar-refractivity contribution in [1.82, 2.24) is 0 Å². The highest BCUT2D eigenvalue weighted by Gasteiger charge is 2.15. The second kappa shape index (κ2) is 3.02. The monoisotopic (exact) mass is 211 g/mol. The summed E-state index contributed by atoms with van der Waals surface area (Å²) in [6.07, 6.45) is 0. The standard InChI is InChI=1S/C4H4O4S3/c5-10(6)11(7,8)4-2-1-3-9-4/h1-3H,(H,5,6)/p-1. The molecule has 1 atom stereocenters. The van der Waals surface area contributed by atoms with Crippen molar-refractivity contribution in [2.45, 2.75) is 4.21 Å². The van der Waals surface area contributed by atoms with Crippen molar-refractivity contribution in [2.24, 2.45) is 0 Å². The zero-order valence-corrected chi connectivity index (χ0v) is 7.54. The molecular weight excluding hydrogens is 208 g/mol. The summed E-state index contributed by atoms with van der Waals surface area (Å²) in [5.74, 6) is 0. The van der Waals surface area contributed by atoms with Gasteiger partial charge in [-0.3, -0.25) is 4.21 Å². The van der Waals surface area contributed by atoms with Crippen LogP contribution in [-0.4, -0.2) is 17.2 Å². The summed E-state index contributed by atoms with van der Waals surface area (Å²) in [5, 5.41) is 1.50. The Morgan fingerprint density at radius 2 is 2.18 bits per heavy atom. The molecular formula is C4H3O4S3-. The smallest absolute Gasteiger partial charge is 0.254 e. The van der Waals surface area contributed by atoms with Gasteiger partial charge in [0.25, 0.3) is 8.87 Å². The molecule has 0 spiro atoms. The van der Waals surface area contributed by atoms with Gasteiger partial charge in [0.15, 0.2) is 0 Å². The Balaban J connectivity index is 3.22. The lowest BCUT2D eigenvalue weighted by atomic mass is 10.7. The van der Waals surface area contributed by atoms with E-state index in [1.165, 1.54) is 17.5 Å². The van der Waals surface area contributed by atoms with Gasteiger partial charge in [-0.2, -0.15) is 0 Å². The van der Waals surface area contributed by atoms with Gasteiger partial charge in [-0.15, -0.1) is 11.3 Å². The predicted molar refractivity (Wildman–Crippen MR) is 40.4 cm³/mol. The largest absolute Gasteiger partial charge is 0.760 e. The Bertz CT molecular complexity index is 349. The third-order valence-corrected chi connectivity index (χ3v) is 5.45. The molecule has 0 saturated carbocycles. The molecule has 0 fully saturated rings. The summed E-state index contributed by atoms with van der Waals surface area (Å²) in [5.41, 5.74) is 0. The van der Waals surface area contributed by atoms with Gasteiger partial charge < -0.3 is 4.55 Å². The van der Waals surface area contributed by atoms with E-state index < -0.39 is 19.0 Å². The van der Waals surface area contributed by atoms with Crippen molar-refractivity contribution in [3.8, 4) is 0 Å². The van der Waals surface area contributed by atoms with Crippen LogP contribution in [0, 0.1) is 0 Å². The molecule has 0 saturated heterocycles. The Kier molecular flexibility index (Phi) is 2.43. The van der Waals surface area contributed by atoms with E-state index in [0.717, 1.165) is 11.3 Å². The van der Waals surface area contributed by atoms with Crippen molar-refractivity contribution in [1.29, 1.82) is 0 Å². The van der Waals surface area contributed by atoms with Crippen molar-refractivity contribution in [2.75, 3.05) is 0 Å². The zero-order chi connectivity index (χ0) is 8.48. The Morgan fingerprint density at radius 1 is 1.55 bits per heavy atom. The Hall–Kier alpha value is -0.240. The molecule has 62 valence electrons. The summed E-state index contributed by atoms with van der Waals surface area (Å²) in [6.45, 7) is 0. The van der Waals surface area contributed by atoms with Crippen LogP contribution in [0.1, 0.15) is 0 Å². The number of rotatable bonds is 2. The second-order valence-electron chi connectivity index (χ2n) is 1.59. The minimum absolute atomic E-state index is 0.147. The predicted octanol–water partition coefficient (Wildman–Crippen LogP) is 0.316. The van der Waals surface area contributed by atoms with Gasteiger partial charge in [0, 0.05) is 0 Å². The van der Waals surface area contributed by atoms with E-state index in [1.807, 2.05) is 0 Å². The highest BCUT2D eigenvalue weighted by molar-refractivity contribution is 8.62. The second-order valence-corrected chi connectivity index (χ2v) is 6.69. The van der Waals surface area contributed by atoms with Crippen LogP contribution < -0.4 is 0 Å². The molecule has 0 aliphatic rings. The first-order valence-corrected chi connectivity index (χ1v) is 6.39. The van der Waals surface area contributed by atoms with Gasteiger partial charge in [0.1, 0.15) is 4.21 Å². The van der Waals surface area contributed by atoms with Gasteiger partial charge >= 0.3 is 0 Å². The molecule has 1 rings (SSSR count). The molecule has 7 heteroatoms. The van der Waals surface area contributed by atoms with Gasteiger partial charge in [-0.05, 0) is 11.4 Å². The van der Waals surface area contributed by atoms with E-state index in [0.29, 0.717) is 0 Å². The first-order valence-electron chi connectivity index (χ1n) is 2.43. The number of hydrogen-bond donors (Lipinski definition) is 0. The maximum atomic E-state index is 10.8. The molecule has 4 nitrogen and oxygen atoms in total. The quantitative estimate of drug-likeness (QED) is 0.521. The first kappa shape index (κ1) is 8.85. The van der Waals surface area contributed by atoms with E-state index in [1.54, 1.807) is 0 Å². The lowest BCUT2D eigenvalue weighted by molar-refractivity contribution is 0.541. The van der Waals surface area contributed by atoms with Crippen LogP contribution in [0.5, 0.6) is 0 Å². The van der Waals surface area contributed by atoms with Crippen molar-refractivity contribution in [3.63, 3.8) is 0 Å². The van der Waals surface area contributed by atoms with Crippen molar-refractivity contribution < 1.29 is 17.2 Å². The summed E-state index contributed by atoms with van der Waals surface area (Å²) >= 11 is 0.877. The van der Waals surface area contributed by atoms with Crippen LogP contribution in [0.3, 0.4) is 0 Å². The Morgan fingerprint density at radius 3 is 2.55 bits per heavy atom. The van der Waals surface area contributed by atoms with E-state index in [4.69, 9.17) is 0 Å². The van der Waals surface area contributed by atoms with Crippen LogP contribution in [0.25, 0.3) is 0 Å². The van der Waals surface area contributed by atoms with Gasteiger partial charge in [-0.1, -0.05) is 6.07 Å². The highest BCUT2D eigenvalue weighted by Crippen LogP contribution is 2.18. The third kappa shape index (κ3) is 1.67. The van der Waals surface area contributed by atoms with E-state index in [-0.39, 0.29) is 4.21 Å². The summed E-state index contributed by atoms with van der Waals surface area (Å²) < 4.78 is 41.7. The molecule has 0 aliphatic carbocycles. The van der Waals surface area contributed by atoms with E-state index in [2.05, 4.69) is 0 Å². The van der Waals surface area contributed by atoms with E-state index >= 15 is 0 Å². The molecule has 0 amide bonds. The average Bonchev–Trinajstić information content (AvgIpc) is 2.37. The first-order chi connectivity index (χ1) is 5.05. The van der Waals surface area contributed by atoms with Crippen molar-refractivity contribution in [3.05, 3.63) is 17.5 Å². The van der Waals surface area contributed by atoms with Gasteiger partial charge in [0.2, 0.25) is 0 Å². The molecule has 1 unspecified atom stereocenters. The molecule has 0 aromatic carbocycles. The molecule has 0 bridgehead atoms. The lowest BCUT2D eigenvalue weighted by Crippen LogP contribution is -2.05. The van der Waals surface area contributed by atoms with E-state index in [9.17, 15) is 17.2 Å².